The van der Waals surface area contributed by atoms with Crippen LogP contribution >= 0.6 is 22.9 Å². The van der Waals surface area contributed by atoms with Crippen molar-refractivity contribution in [2.24, 2.45) is 5.92 Å². The van der Waals surface area contributed by atoms with Crippen molar-refractivity contribution in [3.8, 4) is 0 Å². The van der Waals surface area contributed by atoms with E-state index < -0.39 is 0 Å². The molecule has 1 aromatic rings. The highest BCUT2D eigenvalue weighted by atomic mass is 35.5. The molecular weight excluding hydrogens is 232 g/mol. The van der Waals surface area contributed by atoms with Gasteiger partial charge in [-0.3, -0.25) is 4.79 Å². The Hall–Kier alpha value is -0.380. The summed E-state index contributed by atoms with van der Waals surface area (Å²) in [5.41, 5.74) is 0. The first-order valence-corrected chi connectivity index (χ1v) is 6.15. The summed E-state index contributed by atoms with van der Waals surface area (Å²) in [7, 11) is 0. The van der Waals surface area contributed by atoms with Gasteiger partial charge in [-0.1, -0.05) is 25.4 Å². The third kappa shape index (κ3) is 4.78. The molecule has 0 saturated carbocycles. The second-order valence-electron chi connectivity index (χ2n) is 3.76. The van der Waals surface area contributed by atoms with Gasteiger partial charge < -0.3 is 4.74 Å². The van der Waals surface area contributed by atoms with Gasteiger partial charge in [0, 0.05) is 6.61 Å². The third-order valence-corrected chi connectivity index (χ3v) is 3.19. The second kappa shape index (κ2) is 6.26. The normalized spacial score (nSPS) is 10.9. The lowest BCUT2D eigenvalue weighted by molar-refractivity contribution is 0.0743. The predicted octanol–water partition coefficient (Wildman–Crippen LogP) is 3.65. The monoisotopic (exact) mass is 246 g/mol. The van der Waals surface area contributed by atoms with E-state index in [2.05, 4.69) is 13.8 Å². The van der Waals surface area contributed by atoms with E-state index in [-0.39, 0.29) is 12.4 Å². The van der Waals surface area contributed by atoms with Crippen molar-refractivity contribution in [3.63, 3.8) is 0 Å². The van der Waals surface area contributed by atoms with Gasteiger partial charge in [-0.15, -0.1) is 11.3 Å². The molecule has 0 aliphatic rings. The molecule has 0 aliphatic carbocycles. The van der Waals surface area contributed by atoms with Crippen molar-refractivity contribution in [2.45, 2.75) is 20.3 Å². The number of carbonyl (C=O) groups is 1. The number of halogens is 1. The highest BCUT2D eigenvalue weighted by molar-refractivity contribution is 7.18. The Morgan fingerprint density at radius 2 is 2.27 bits per heavy atom. The van der Waals surface area contributed by atoms with Crippen molar-refractivity contribution in [3.05, 3.63) is 21.3 Å². The first-order valence-electron chi connectivity index (χ1n) is 4.96. The van der Waals surface area contributed by atoms with Crippen molar-refractivity contribution in [2.75, 3.05) is 13.2 Å². The summed E-state index contributed by atoms with van der Waals surface area (Å²) >= 11 is 7.03. The first kappa shape index (κ1) is 12.7. The molecule has 1 aromatic heterocycles. The minimum Gasteiger partial charge on any atom is -0.373 e. The van der Waals surface area contributed by atoms with Crippen LogP contribution in [0.1, 0.15) is 29.9 Å². The number of ketones is 1. The highest BCUT2D eigenvalue weighted by Gasteiger charge is 2.08. The molecule has 0 radical (unpaired) electrons. The molecule has 84 valence electrons. The van der Waals surface area contributed by atoms with Gasteiger partial charge in [0.1, 0.15) is 6.61 Å². The summed E-state index contributed by atoms with van der Waals surface area (Å²) in [5, 5.41) is 0. The Kier molecular flexibility index (Phi) is 5.29. The van der Waals surface area contributed by atoms with Crippen LogP contribution in [0, 0.1) is 5.92 Å². The van der Waals surface area contributed by atoms with E-state index in [9.17, 15) is 4.79 Å². The molecular formula is C11H15ClO2S. The number of ether oxygens (including phenoxy) is 1. The van der Waals surface area contributed by atoms with Crippen molar-refractivity contribution in [1.29, 1.82) is 0 Å². The number of thiophene rings is 1. The Morgan fingerprint density at radius 1 is 1.53 bits per heavy atom. The number of carbonyl (C=O) groups excluding carboxylic acids is 1. The smallest absolute Gasteiger partial charge is 0.198 e. The summed E-state index contributed by atoms with van der Waals surface area (Å²) in [6.45, 7) is 5.06. The van der Waals surface area contributed by atoms with Gasteiger partial charge in [0.15, 0.2) is 5.78 Å². The van der Waals surface area contributed by atoms with Crippen molar-refractivity contribution in [1.82, 2.24) is 0 Å². The summed E-state index contributed by atoms with van der Waals surface area (Å²) in [6.07, 6.45) is 0.985. The largest absolute Gasteiger partial charge is 0.373 e. The number of hydrogen-bond donors (Lipinski definition) is 0. The zero-order valence-electron chi connectivity index (χ0n) is 8.96. The molecule has 4 heteroatoms. The van der Waals surface area contributed by atoms with Gasteiger partial charge in [0.05, 0.1) is 9.21 Å². The van der Waals surface area contributed by atoms with Crippen LogP contribution in [0.4, 0.5) is 0 Å². The lowest BCUT2D eigenvalue weighted by Crippen LogP contribution is -2.09. The van der Waals surface area contributed by atoms with Crippen LogP contribution in [0.15, 0.2) is 12.1 Å². The molecule has 0 fully saturated rings. The van der Waals surface area contributed by atoms with E-state index >= 15 is 0 Å². The zero-order valence-corrected chi connectivity index (χ0v) is 10.5. The Morgan fingerprint density at radius 3 is 2.80 bits per heavy atom. The van der Waals surface area contributed by atoms with Gasteiger partial charge in [-0.25, -0.2) is 0 Å². The maximum absolute atomic E-state index is 11.5. The molecule has 0 N–H and O–H groups in total. The molecule has 15 heavy (non-hydrogen) atoms. The standard InChI is InChI=1S/C11H15ClO2S/c1-8(2)5-6-14-7-9(13)10-3-4-11(12)15-10/h3-4,8H,5-7H2,1-2H3. The van der Waals surface area contributed by atoms with Crippen molar-refractivity contribution >= 4 is 28.7 Å². The van der Waals surface area contributed by atoms with E-state index in [1.165, 1.54) is 11.3 Å². The molecule has 1 heterocycles. The van der Waals surface area contributed by atoms with Crippen LogP contribution in [0.2, 0.25) is 4.34 Å². The van der Waals surface area contributed by atoms with Crippen molar-refractivity contribution < 1.29 is 9.53 Å². The molecule has 0 aliphatic heterocycles. The lowest BCUT2D eigenvalue weighted by Gasteiger charge is -2.04. The van der Waals surface area contributed by atoms with Gasteiger partial charge in [0.25, 0.3) is 0 Å². The summed E-state index contributed by atoms with van der Waals surface area (Å²) in [4.78, 5) is 12.2. The van der Waals surface area contributed by atoms with Gasteiger partial charge in [-0.05, 0) is 24.5 Å². The fourth-order valence-electron chi connectivity index (χ4n) is 1.02. The van der Waals surface area contributed by atoms with Crippen LogP contribution in [-0.4, -0.2) is 19.0 Å². The fourth-order valence-corrected chi connectivity index (χ4v) is 1.99. The summed E-state index contributed by atoms with van der Waals surface area (Å²) in [5.74, 6) is 0.618. The van der Waals surface area contributed by atoms with Crippen LogP contribution in [0.25, 0.3) is 0 Å². The maximum atomic E-state index is 11.5. The predicted molar refractivity (Wildman–Crippen MR) is 63.9 cm³/mol. The second-order valence-corrected chi connectivity index (χ2v) is 5.48. The number of rotatable bonds is 6. The molecule has 0 saturated heterocycles. The average molecular weight is 247 g/mol. The zero-order chi connectivity index (χ0) is 11.3. The average Bonchev–Trinajstić information content (AvgIpc) is 2.59. The molecule has 1 rings (SSSR count). The fraction of sp³-hybridized carbons (Fsp3) is 0.545. The maximum Gasteiger partial charge on any atom is 0.198 e. The molecule has 0 bridgehead atoms. The third-order valence-electron chi connectivity index (χ3n) is 1.92. The van der Waals surface area contributed by atoms with E-state index in [0.717, 1.165) is 6.42 Å². The number of hydrogen-bond acceptors (Lipinski definition) is 3. The molecule has 0 atom stereocenters. The van der Waals surface area contributed by atoms with Gasteiger partial charge >= 0.3 is 0 Å². The summed E-state index contributed by atoms with van der Waals surface area (Å²) < 4.78 is 5.92. The lowest BCUT2D eigenvalue weighted by atomic mass is 10.1. The summed E-state index contributed by atoms with van der Waals surface area (Å²) in [6, 6.07) is 3.47. The van der Waals surface area contributed by atoms with Crippen LogP contribution in [-0.2, 0) is 4.74 Å². The minimum atomic E-state index is 0.00987. The molecule has 0 spiro atoms. The van der Waals surface area contributed by atoms with Crippen LogP contribution in [0.5, 0.6) is 0 Å². The minimum absolute atomic E-state index is 0.00987. The SMILES string of the molecule is CC(C)CCOCC(=O)c1ccc(Cl)s1. The van der Waals surface area contributed by atoms with E-state index in [1.807, 2.05) is 0 Å². The highest BCUT2D eigenvalue weighted by Crippen LogP contribution is 2.21. The Balaban J connectivity index is 2.25. The molecule has 0 aromatic carbocycles. The molecule has 0 unspecified atom stereocenters. The van der Waals surface area contributed by atoms with Gasteiger partial charge in [-0.2, -0.15) is 0 Å². The topological polar surface area (TPSA) is 26.3 Å². The van der Waals surface area contributed by atoms with Crippen LogP contribution in [0.3, 0.4) is 0 Å². The quantitative estimate of drug-likeness (QED) is 0.566. The molecule has 0 amide bonds. The Labute approximate surface area is 99.2 Å². The Bertz CT molecular complexity index is 320. The van der Waals surface area contributed by atoms with Crippen LogP contribution < -0.4 is 0 Å². The van der Waals surface area contributed by atoms with E-state index in [4.69, 9.17) is 16.3 Å². The number of Topliss-reactive ketones (excluding diaryl/α,β-unsaturated/α-hetero) is 1. The first-order chi connectivity index (χ1) is 7.09. The van der Waals surface area contributed by atoms with E-state index in [1.54, 1.807) is 12.1 Å². The van der Waals surface area contributed by atoms with Gasteiger partial charge in [0.2, 0.25) is 0 Å². The molecule has 2 nitrogen and oxygen atoms in total. The van der Waals surface area contributed by atoms with E-state index in [0.29, 0.717) is 21.7 Å².